The van der Waals surface area contributed by atoms with Crippen molar-refractivity contribution in [3.05, 3.63) is 30.1 Å². The molecule has 1 saturated heterocycles. The Hall–Kier alpha value is -2.11. The number of carbonyl (C=O) groups excluding carboxylic acids is 1. The lowest BCUT2D eigenvalue weighted by atomic mass is 9.92. The van der Waals surface area contributed by atoms with E-state index in [4.69, 9.17) is 5.11 Å². The molecular weight excluding hydrogens is 275 g/mol. The van der Waals surface area contributed by atoms with E-state index in [1.54, 1.807) is 24.1 Å². The molecular formula is C15H19FN2O3. The number of anilines is 1. The van der Waals surface area contributed by atoms with E-state index in [9.17, 15) is 14.0 Å². The fraction of sp³-hybridized carbons (Fsp3) is 0.467. The number of nitrogens with zero attached hydrogens (tertiary/aromatic N) is 2. The zero-order valence-corrected chi connectivity index (χ0v) is 12.1. The first-order chi connectivity index (χ1) is 9.90. The van der Waals surface area contributed by atoms with Crippen LogP contribution in [0, 0.1) is 11.7 Å². The Bertz CT molecular complexity index is 549. The van der Waals surface area contributed by atoms with Gasteiger partial charge in [-0.2, -0.15) is 0 Å². The van der Waals surface area contributed by atoms with Crippen molar-refractivity contribution in [2.45, 2.75) is 25.8 Å². The maximum absolute atomic E-state index is 13.2. The summed E-state index contributed by atoms with van der Waals surface area (Å²) in [6, 6.07) is 5.44. The van der Waals surface area contributed by atoms with E-state index in [1.807, 2.05) is 6.92 Å². The lowest BCUT2D eigenvalue weighted by Gasteiger charge is -2.38. The molecule has 0 aliphatic carbocycles. The summed E-state index contributed by atoms with van der Waals surface area (Å²) in [7, 11) is 1.59. The van der Waals surface area contributed by atoms with Crippen LogP contribution in [0.4, 0.5) is 14.9 Å². The number of halogens is 1. The molecule has 1 fully saturated rings. The van der Waals surface area contributed by atoms with Gasteiger partial charge in [-0.15, -0.1) is 0 Å². The van der Waals surface area contributed by atoms with E-state index in [-0.39, 0.29) is 12.1 Å². The van der Waals surface area contributed by atoms with Crippen LogP contribution < -0.4 is 4.90 Å². The van der Waals surface area contributed by atoms with Crippen LogP contribution in [-0.4, -0.2) is 41.6 Å². The topological polar surface area (TPSA) is 60.9 Å². The zero-order chi connectivity index (χ0) is 15.6. The van der Waals surface area contributed by atoms with Crippen molar-refractivity contribution in [1.82, 2.24) is 4.90 Å². The number of carboxylic acid groups (broad SMARTS) is 1. The molecule has 0 bridgehead atoms. The van der Waals surface area contributed by atoms with Crippen LogP contribution in [0.1, 0.15) is 19.8 Å². The summed E-state index contributed by atoms with van der Waals surface area (Å²) in [5.74, 6) is -1.61. The molecule has 1 aromatic rings. The molecule has 5 nitrogen and oxygen atoms in total. The minimum Gasteiger partial charge on any atom is -0.481 e. The first-order valence-electron chi connectivity index (χ1n) is 6.93. The second kappa shape index (κ2) is 6.11. The molecule has 0 aromatic heterocycles. The molecule has 1 heterocycles. The number of amides is 2. The molecule has 0 saturated carbocycles. The number of carbonyl (C=O) groups is 2. The van der Waals surface area contributed by atoms with Crippen LogP contribution in [0.3, 0.4) is 0 Å². The van der Waals surface area contributed by atoms with E-state index < -0.39 is 17.7 Å². The zero-order valence-electron chi connectivity index (χ0n) is 12.1. The van der Waals surface area contributed by atoms with Crippen molar-refractivity contribution in [2.24, 2.45) is 5.92 Å². The molecule has 6 heteroatoms. The van der Waals surface area contributed by atoms with Gasteiger partial charge in [0.25, 0.3) is 0 Å². The third kappa shape index (κ3) is 3.32. The first kappa shape index (κ1) is 15.3. The predicted octanol–water partition coefficient (Wildman–Crippen LogP) is 2.57. The van der Waals surface area contributed by atoms with E-state index >= 15 is 0 Å². The summed E-state index contributed by atoms with van der Waals surface area (Å²) in [4.78, 5) is 26.5. The van der Waals surface area contributed by atoms with Gasteiger partial charge in [0.05, 0.1) is 5.92 Å². The average molecular weight is 294 g/mol. The number of hydrogen-bond acceptors (Lipinski definition) is 2. The number of carboxylic acids is 1. The van der Waals surface area contributed by atoms with Gasteiger partial charge in [0.2, 0.25) is 0 Å². The Labute approximate surface area is 123 Å². The van der Waals surface area contributed by atoms with Crippen molar-refractivity contribution in [2.75, 3.05) is 18.5 Å². The van der Waals surface area contributed by atoms with Gasteiger partial charge in [-0.05, 0) is 38.0 Å². The molecule has 1 aliphatic rings. The van der Waals surface area contributed by atoms with Gasteiger partial charge >= 0.3 is 12.0 Å². The van der Waals surface area contributed by atoms with E-state index in [0.29, 0.717) is 25.1 Å². The van der Waals surface area contributed by atoms with E-state index in [1.165, 1.54) is 17.0 Å². The standard InChI is InChI=1S/C15H19FN2O3/c1-10-8-11(14(19)20)6-7-18(10)15(21)17(2)13-5-3-4-12(16)9-13/h3-5,9-11H,6-8H2,1-2H3,(H,19,20). The van der Waals surface area contributed by atoms with Crippen molar-refractivity contribution >= 4 is 17.7 Å². The van der Waals surface area contributed by atoms with Crippen LogP contribution in [0.5, 0.6) is 0 Å². The molecule has 1 aliphatic heterocycles. The number of benzene rings is 1. The highest BCUT2D eigenvalue weighted by Gasteiger charge is 2.33. The van der Waals surface area contributed by atoms with Gasteiger partial charge < -0.3 is 10.0 Å². The number of piperidine rings is 1. The largest absolute Gasteiger partial charge is 0.481 e. The van der Waals surface area contributed by atoms with Crippen molar-refractivity contribution in [3.63, 3.8) is 0 Å². The predicted molar refractivity (Wildman–Crippen MR) is 76.7 cm³/mol. The lowest BCUT2D eigenvalue weighted by Crippen LogP contribution is -2.50. The molecule has 114 valence electrons. The smallest absolute Gasteiger partial charge is 0.324 e. The van der Waals surface area contributed by atoms with Gasteiger partial charge in [0.1, 0.15) is 5.82 Å². The molecule has 1 N–H and O–H groups in total. The van der Waals surface area contributed by atoms with Crippen LogP contribution >= 0.6 is 0 Å². The second-order valence-electron chi connectivity index (χ2n) is 5.42. The quantitative estimate of drug-likeness (QED) is 0.912. The van der Waals surface area contributed by atoms with Crippen LogP contribution in [0.25, 0.3) is 0 Å². The van der Waals surface area contributed by atoms with Crippen LogP contribution in [0.2, 0.25) is 0 Å². The minimum absolute atomic E-state index is 0.150. The third-order valence-corrected chi connectivity index (χ3v) is 3.95. The summed E-state index contributed by atoms with van der Waals surface area (Å²) in [5, 5.41) is 9.04. The van der Waals surface area contributed by atoms with Gasteiger partial charge in [0.15, 0.2) is 0 Å². The molecule has 0 radical (unpaired) electrons. The van der Waals surface area contributed by atoms with Gasteiger partial charge in [-0.25, -0.2) is 9.18 Å². The molecule has 2 atom stereocenters. The average Bonchev–Trinajstić information content (AvgIpc) is 2.45. The first-order valence-corrected chi connectivity index (χ1v) is 6.93. The van der Waals surface area contributed by atoms with Crippen molar-refractivity contribution in [3.8, 4) is 0 Å². The lowest BCUT2D eigenvalue weighted by molar-refractivity contribution is -0.143. The summed E-state index contributed by atoms with van der Waals surface area (Å²) >= 11 is 0. The molecule has 21 heavy (non-hydrogen) atoms. The van der Waals surface area contributed by atoms with Gasteiger partial charge in [-0.3, -0.25) is 9.69 Å². The summed E-state index contributed by atoms with van der Waals surface area (Å²) in [5.41, 5.74) is 0.479. The number of aliphatic carboxylic acids is 1. The highest BCUT2D eigenvalue weighted by atomic mass is 19.1. The van der Waals surface area contributed by atoms with E-state index in [2.05, 4.69) is 0 Å². The summed E-state index contributed by atoms with van der Waals surface area (Å²) in [6.07, 6.45) is 0.889. The Morgan fingerprint density at radius 3 is 2.71 bits per heavy atom. The van der Waals surface area contributed by atoms with Gasteiger partial charge in [-0.1, -0.05) is 6.07 Å². The monoisotopic (exact) mass is 294 g/mol. The van der Waals surface area contributed by atoms with Crippen LogP contribution in [0.15, 0.2) is 24.3 Å². The molecule has 1 aromatic carbocycles. The van der Waals surface area contributed by atoms with Crippen molar-refractivity contribution in [1.29, 1.82) is 0 Å². The molecule has 2 rings (SSSR count). The maximum atomic E-state index is 13.2. The fourth-order valence-electron chi connectivity index (χ4n) is 2.67. The second-order valence-corrected chi connectivity index (χ2v) is 5.42. The molecule has 0 spiro atoms. The third-order valence-electron chi connectivity index (χ3n) is 3.95. The number of urea groups is 1. The van der Waals surface area contributed by atoms with Gasteiger partial charge in [0, 0.05) is 25.3 Å². The Kier molecular flexibility index (Phi) is 4.45. The van der Waals surface area contributed by atoms with E-state index in [0.717, 1.165) is 0 Å². The molecule has 2 unspecified atom stereocenters. The SMILES string of the molecule is CC1CC(C(=O)O)CCN1C(=O)N(C)c1cccc(F)c1. The number of likely N-dealkylation sites (tertiary alicyclic amines) is 1. The number of rotatable bonds is 2. The molecule has 2 amide bonds. The summed E-state index contributed by atoms with van der Waals surface area (Å²) < 4.78 is 13.2. The Morgan fingerprint density at radius 2 is 2.14 bits per heavy atom. The number of hydrogen-bond donors (Lipinski definition) is 1. The Morgan fingerprint density at radius 1 is 1.43 bits per heavy atom. The van der Waals surface area contributed by atoms with Crippen molar-refractivity contribution < 1.29 is 19.1 Å². The highest BCUT2D eigenvalue weighted by molar-refractivity contribution is 5.91. The maximum Gasteiger partial charge on any atom is 0.324 e. The fourth-order valence-corrected chi connectivity index (χ4v) is 2.67. The minimum atomic E-state index is -0.813. The highest BCUT2D eigenvalue weighted by Crippen LogP contribution is 2.25. The normalized spacial score (nSPS) is 22.0. The Balaban J connectivity index is 2.08. The van der Waals surface area contributed by atoms with Crippen LogP contribution in [-0.2, 0) is 4.79 Å². The summed E-state index contributed by atoms with van der Waals surface area (Å²) in [6.45, 7) is 2.24.